The number of pyridine rings is 1. The number of hydrogen-bond donors (Lipinski definition) is 1. The lowest BCUT2D eigenvalue weighted by molar-refractivity contribution is 1.32. The first-order valence-electron chi connectivity index (χ1n) is 5.95. The van der Waals surface area contributed by atoms with Crippen LogP contribution in [0.3, 0.4) is 0 Å². The zero-order valence-electron chi connectivity index (χ0n) is 10.4. The Hall–Kier alpha value is -2.71. The van der Waals surface area contributed by atoms with Crippen molar-refractivity contribution < 1.29 is 0 Å². The summed E-state index contributed by atoms with van der Waals surface area (Å²) in [5, 5.41) is 11.7. The highest BCUT2D eigenvalue weighted by Crippen LogP contribution is 2.31. The number of nitriles is 1. The number of anilines is 1. The van der Waals surface area contributed by atoms with Gasteiger partial charge in [-0.25, -0.2) is 9.97 Å². The fourth-order valence-electron chi connectivity index (χ4n) is 1.88. The average Bonchev–Trinajstić information content (AvgIpc) is 2.97. The second-order valence-electron chi connectivity index (χ2n) is 4.17. The predicted molar refractivity (Wildman–Crippen MR) is 79.9 cm³/mol. The van der Waals surface area contributed by atoms with E-state index in [0.29, 0.717) is 11.4 Å². The van der Waals surface area contributed by atoms with Gasteiger partial charge in [-0.15, -0.1) is 11.3 Å². The van der Waals surface area contributed by atoms with Gasteiger partial charge < -0.3 is 5.73 Å². The van der Waals surface area contributed by atoms with Crippen LogP contribution < -0.4 is 5.73 Å². The lowest BCUT2D eigenvalue weighted by atomic mass is 10.1. The summed E-state index contributed by atoms with van der Waals surface area (Å²) >= 11 is 1.51. The molecule has 4 nitrogen and oxygen atoms in total. The first-order valence-corrected chi connectivity index (χ1v) is 6.83. The van der Waals surface area contributed by atoms with E-state index in [4.69, 9.17) is 11.0 Å². The van der Waals surface area contributed by atoms with E-state index in [9.17, 15) is 0 Å². The molecule has 2 aromatic heterocycles. The second kappa shape index (κ2) is 5.11. The number of nitrogen functional groups attached to an aromatic ring is 1. The summed E-state index contributed by atoms with van der Waals surface area (Å²) in [4.78, 5) is 8.64. The van der Waals surface area contributed by atoms with E-state index in [0.717, 1.165) is 21.8 Å². The molecule has 96 valence electrons. The quantitative estimate of drug-likeness (QED) is 0.780. The maximum Gasteiger partial charge on any atom is 0.133 e. The molecule has 5 heteroatoms. The van der Waals surface area contributed by atoms with Crippen LogP contribution in [0.1, 0.15) is 5.56 Å². The number of rotatable bonds is 2. The molecule has 0 unspecified atom stereocenters. The van der Waals surface area contributed by atoms with Gasteiger partial charge in [0, 0.05) is 17.1 Å². The summed E-state index contributed by atoms with van der Waals surface area (Å²) in [6.45, 7) is 0. The highest BCUT2D eigenvalue weighted by Gasteiger charge is 2.09. The van der Waals surface area contributed by atoms with Gasteiger partial charge in [0.05, 0.1) is 22.9 Å². The first kappa shape index (κ1) is 12.3. The predicted octanol–water partition coefficient (Wildman–Crippen LogP) is 3.33. The van der Waals surface area contributed by atoms with Crippen molar-refractivity contribution >= 4 is 17.2 Å². The highest BCUT2D eigenvalue weighted by molar-refractivity contribution is 7.13. The Balaban J connectivity index is 2.02. The molecule has 2 N–H and O–H groups in total. The van der Waals surface area contributed by atoms with Gasteiger partial charge in [-0.05, 0) is 24.3 Å². The van der Waals surface area contributed by atoms with Crippen LogP contribution in [0.4, 0.5) is 5.82 Å². The molecule has 2 heterocycles. The molecule has 0 spiro atoms. The molecule has 3 aromatic rings. The molecule has 0 amide bonds. The van der Waals surface area contributed by atoms with Crippen LogP contribution in [0.5, 0.6) is 0 Å². The molecule has 0 saturated heterocycles. The van der Waals surface area contributed by atoms with Crippen molar-refractivity contribution in [1.82, 2.24) is 9.97 Å². The third kappa shape index (κ3) is 2.25. The molecule has 3 rings (SSSR count). The number of hydrogen-bond acceptors (Lipinski definition) is 5. The number of aromatic nitrogens is 2. The van der Waals surface area contributed by atoms with Gasteiger partial charge in [0.2, 0.25) is 0 Å². The van der Waals surface area contributed by atoms with Crippen molar-refractivity contribution in [2.75, 3.05) is 5.73 Å². The summed E-state index contributed by atoms with van der Waals surface area (Å²) in [7, 11) is 0. The van der Waals surface area contributed by atoms with Crippen LogP contribution in [0, 0.1) is 11.3 Å². The minimum absolute atomic E-state index is 0.471. The van der Waals surface area contributed by atoms with Crippen molar-refractivity contribution in [3.63, 3.8) is 0 Å². The summed E-state index contributed by atoms with van der Waals surface area (Å²) in [6, 6.07) is 13.3. The van der Waals surface area contributed by atoms with Gasteiger partial charge in [0.25, 0.3) is 0 Å². The number of thiazole rings is 1. The van der Waals surface area contributed by atoms with E-state index in [-0.39, 0.29) is 0 Å². The fraction of sp³-hybridized carbons (Fsp3) is 0. The Bertz CT molecular complexity index is 801. The number of nitrogens with zero attached hydrogens (tertiary/aromatic N) is 3. The van der Waals surface area contributed by atoms with E-state index in [1.54, 1.807) is 12.3 Å². The summed E-state index contributed by atoms with van der Waals surface area (Å²) in [5.41, 5.74) is 9.08. The Morgan fingerprint density at radius 3 is 2.90 bits per heavy atom. The minimum Gasteiger partial charge on any atom is -0.383 e. The van der Waals surface area contributed by atoms with Crippen molar-refractivity contribution in [2.45, 2.75) is 0 Å². The molecule has 0 saturated carbocycles. The lowest BCUT2D eigenvalue weighted by Crippen LogP contribution is -1.92. The number of nitrogens with two attached hydrogens (primary N) is 1. The Morgan fingerprint density at radius 2 is 2.10 bits per heavy atom. The van der Waals surface area contributed by atoms with Crippen LogP contribution in [0.25, 0.3) is 21.8 Å². The lowest BCUT2D eigenvalue weighted by Gasteiger charge is -1.99. The van der Waals surface area contributed by atoms with Crippen molar-refractivity contribution in [3.05, 3.63) is 53.5 Å². The zero-order valence-corrected chi connectivity index (χ0v) is 11.3. The molecule has 0 atom stereocenters. The van der Waals surface area contributed by atoms with Gasteiger partial charge in [0.1, 0.15) is 10.8 Å². The van der Waals surface area contributed by atoms with Crippen LogP contribution >= 0.6 is 11.3 Å². The monoisotopic (exact) mass is 278 g/mol. The Morgan fingerprint density at radius 1 is 1.20 bits per heavy atom. The van der Waals surface area contributed by atoms with Crippen molar-refractivity contribution in [2.24, 2.45) is 0 Å². The highest BCUT2D eigenvalue weighted by atomic mass is 32.1. The molecule has 1 aromatic carbocycles. The van der Waals surface area contributed by atoms with E-state index >= 15 is 0 Å². The van der Waals surface area contributed by atoms with Gasteiger partial charge in [0.15, 0.2) is 0 Å². The molecular formula is C15H10N4S. The zero-order chi connectivity index (χ0) is 13.9. The topological polar surface area (TPSA) is 75.6 Å². The van der Waals surface area contributed by atoms with Gasteiger partial charge in [-0.3, -0.25) is 0 Å². The molecule has 0 aliphatic rings. The van der Waals surface area contributed by atoms with E-state index in [1.165, 1.54) is 11.3 Å². The SMILES string of the molecule is N#Cc1cccc(-c2csc(-c3cccnc3N)n2)c1. The van der Waals surface area contributed by atoms with Crippen molar-refractivity contribution in [1.29, 1.82) is 5.26 Å². The molecule has 0 radical (unpaired) electrons. The second-order valence-corrected chi connectivity index (χ2v) is 5.02. The molecule has 0 aliphatic heterocycles. The van der Waals surface area contributed by atoms with Gasteiger partial charge >= 0.3 is 0 Å². The van der Waals surface area contributed by atoms with Gasteiger partial charge in [-0.2, -0.15) is 5.26 Å². The third-order valence-electron chi connectivity index (χ3n) is 2.86. The van der Waals surface area contributed by atoms with Crippen LogP contribution in [0.2, 0.25) is 0 Å². The summed E-state index contributed by atoms with van der Waals surface area (Å²) < 4.78 is 0. The van der Waals surface area contributed by atoms with Gasteiger partial charge in [-0.1, -0.05) is 12.1 Å². The normalized spacial score (nSPS) is 10.2. The summed E-state index contributed by atoms with van der Waals surface area (Å²) in [5.74, 6) is 0.471. The Kier molecular flexibility index (Phi) is 3.15. The van der Waals surface area contributed by atoms with Crippen LogP contribution in [-0.4, -0.2) is 9.97 Å². The Labute approximate surface area is 120 Å². The maximum absolute atomic E-state index is 8.94. The molecule has 0 fully saturated rings. The van der Waals surface area contributed by atoms with Crippen LogP contribution in [0.15, 0.2) is 48.0 Å². The first-order chi connectivity index (χ1) is 9.78. The largest absolute Gasteiger partial charge is 0.383 e. The standard InChI is InChI=1S/C15H10N4S/c16-8-10-3-1-4-11(7-10)13-9-20-15(19-13)12-5-2-6-18-14(12)17/h1-7,9H,(H2,17,18). The molecule has 0 aliphatic carbocycles. The smallest absolute Gasteiger partial charge is 0.133 e. The summed E-state index contributed by atoms with van der Waals surface area (Å²) in [6.07, 6.45) is 1.66. The molecule has 20 heavy (non-hydrogen) atoms. The fourth-order valence-corrected chi connectivity index (χ4v) is 2.74. The maximum atomic E-state index is 8.94. The van der Waals surface area contributed by atoms with Crippen LogP contribution in [-0.2, 0) is 0 Å². The van der Waals surface area contributed by atoms with E-state index in [2.05, 4.69) is 16.0 Å². The van der Waals surface area contributed by atoms with Crippen molar-refractivity contribution in [3.8, 4) is 27.9 Å². The molecular weight excluding hydrogens is 268 g/mol. The molecule has 0 bridgehead atoms. The number of benzene rings is 1. The third-order valence-corrected chi connectivity index (χ3v) is 3.74. The average molecular weight is 278 g/mol. The minimum atomic E-state index is 0.471. The van der Waals surface area contributed by atoms with E-state index in [1.807, 2.05) is 35.7 Å². The van der Waals surface area contributed by atoms with E-state index < -0.39 is 0 Å².